The Bertz CT molecular complexity index is 109. The van der Waals surface area contributed by atoms with Gasteiger partial charge in [-0.25, -0.2) is 0 Å². The van der Waals surface area contributed by atoms with Gasteiger partial charge in [0.2, 0.25) is 0 Å². The van der Waals surface area contributed by atoms with Gasteiger partial charge in [-0.3, -0.25) is 4.79 Å². The Hall–Kier alpha value is -0.0600. The van der Waals surface area contributed by atoms with Gasteiger partial charge in [0.1, 0.15) is 0 Å². The summed E-state index contributed by atoms with van der Waals surface area (Å²) in [5.74, 6) is 0.748. The van der Waals surface area contributed by atoms with Gasteiger partial charge in [0.05, 0.1) is 0 Å². The zero-order valence-electron chi connectivity index (χ0n) is 6.93. The van der Waals surface area contributed by atoms with Crippen LogP contribution >= 0.6 is 11.8 Å². The van der Waals surface area contributed by atoms with Gasteiger partial charge in [-0.1, -0.05) is 11.8 Å². The fraction of sp³-hybridized carbons (Fsp3) is 0.857. The van der Waals surface area contributed by atoms with E-state index in [2.05, 4.69) is 5.32 Å². The van der Waals surface area contributed by atoms with Crippen molar-refractivity contribution in [2.45, 2.75) is 12.8 Å². The van der Waals surface area contributed by atoms with Crippen molar-refractivity contribution in [3.63, 3.8) is 0 Å². The van der Waals surface area contributed by atoms with Crippen molar-refractivity contribution < 1.29 is 4.79 Å². The second-order valence-electron chi connectivity index (χ2n) is 2.22. The SMILES string of the molecule is CNCCCC(=O)SCCN. The van der Waals surface area contributed by atoms with Crippen molar-refractivity contribution in [3.8, 4) is 0 Å². The fourth-order valence-corrected chi connectivity index (χ4v) is 1.29. The van der Waals surface area contributed by atoms with Crippen molar-refractivity contribution in [1.82, 2.24) is 5.32 Å². The van der Waals surface area contributed by atoms with E-state index in [0.29, 0.717) is 13.0 Å². The third kappa shape index (κ3) is 7.84. The van der Waals surface area contributed by atoms with Crippen LogP contribution in [0.5, 0.6) is 0 Å². The first-order valence-electron chi connectivity index (χ1n) is 3.81. The molecule has 11 heavy (non-hydrogen) atoms. The van der Waals surface area contributed by atoms with Gasteiger partial charge in [0.15, 0.2) is 5.12 Å². The standard InChI is InChI=1S/C7H16N2OS/c1-9-5-2-3-7(10)11-6-4-8/h9H,2-6,8H2,1H3. The van der Waals surface area contributed by atoms with Crippen molar-refractivity contribution in [1.29, 1.82) is 0 Å². The van der Waals surface area contributed by atoms with Crippen LogP contribution in [0, 0.1) is 0 Å². The molecule has 0 aromatic rings. The summed E-state index contributed by atoms with van der Waals surface area (Å²) in [6.07, 6.45) is 1.58. The molecule has 0 heterocycles. The van der Waals surface area contributed by atoms with E-state index in [9.17, 15) is 4.79 Å². The molecule has 0 aromatic carbocycles. The maximum absolute atomic E-state index is 11.0. The summed E-state index contributed by atoms with van der Waals surface area (Å²) < 4.78 is 0. The Morgan fingerprint density at radius 2 is 2.36 bits per heavy atom. The highest BCUT2D eigenvalue weighted by Gasteiger charge is 1.99. The molecule has 0 aliphatic heterocycles. The molecule has 0 aliphatic carbocycles. The third-order valence-corrected chi connectivity index (χ3v) is 2.15. The maximum Gasteiger partial charge on any atom is 0.189 e. The largest absolute Gasteiger partial charge is 0.330 e. The molecule has 0 atom stereocenters. The Labute approximate surface area is 72.1 Å². The second-order valence-corrected chi connectivity index (χ2v) is 3.37. The first-order chi connectivity index (χ1) is 5.31. The Morgan fingerprint density at radius 1 is 1.64 bits per heavy atom. The zero-order valence-corrected chi connectivity index (χ0v) is 7.75. The van der Waals surface area contributed by atoms with E-state index in [1.807, 2.05) is 7.05 Å². The van der Waals surface area contributed by atoms with Gasteiger partial charge < -0.3 is 11.1 Å². The number of hydrogen-bond donors (Lipinski definition) is 2. The van der Waals surface area contributed by atoms with Gasteiger partial charge >= 0.3 is 0 Å². The summed E-state index contributed by atoms with van der Waals surface area (Å²) in [6.45, 7) is 1.50. The molecule has 0 unspecified atom stereocenters. The van der Waals surface area contributed by atoms with Crippen LogP contribution in [0.1, 0.15) is 12.8 Å². The summed E-state index contributed by atoms with van der Waals surface area (Å²) in [5.41, 5.74) is 5.25. The van der Waals surface area contributed by atoms with Crippen LogP contribution in [0.2, 0.25) is 0 Å². The number of nitrogens with two attached hydrogens (primary N) is 1. The molecular formula is C7H16N2OS. The first kappa shape index (κ1) is 10.9. The molecule has 0 saturated heterocycles. The molecule has 0 aromatic heterocycles. The lowest BCUT2D eigenvalue weighted by atomic mass is 10.3. The van der Waals surface area contributed by atoms with Gasteiger partial charge in [-0.2, -0.15) is 0 Å². The van der Waals surface area contributed by atoms with E-state index in [0.717, 1.165) is 18.7 Å². The molecule has 4 heteroatoms. The van der Waals surface area contributed by atoms with E-state index >= 15 is 0 Å². The van der Waals surface area contributed by atoms with Crippen LogP contribution in [-0.2, 0) is 4.79 Å². The summed E-state index contributed by atoms with van der Waals surface area (Å²) in [7, 11) is 1.89. The van der Waals surface area contributed by atoms with Gasteiger partial charge in [0, 0.05) is 18.7 Å². The van der Waals surface area contributed by atoms with Gasteiger partial charge in [-0.05, 0) is 20.0 Å². The molecule has 0 aliphatic rings. The van der Waals surface area contributed by atoms with Crippen molar-refractivity contribution in [3.05, 3.63) is 0 Å². The molecule has 3 N–H and O–H groups in total. The van der Waals surface area contributed by atoms with E-state index in [1.54, 1.807) is 0 Å². The lowest BCUT2D eigenvalue weighted by Gasteiger charge is -1.98. The number of hydrogen-bond acceptors (Lipinski definition) is 4. The summed E-state index contributed by atoms with van der Waals surface area (Å²) in [5, 5.41) is 3.25. The lowest BCUT2D eigenvalue weighted by molar-refractivity contribution is -0.111. The van der Waals surface area contributed by atoms with E-state index in [-0.39, 0.29) is 5.12 Å². The highest BCUT2D eigenvalue weighted by molar-refractivity contribution is 8.13. The molecule has 66 valence electrons. The zero-order chi connectivity index (χ0) is 8.53. The molecule has 0 saturated carbocycles. The molecule has 0 radical (unpaired) electrons. The van der Waals surface area contributed by atoms with Crippen LogP contribution in [0.4, 0.5) is 0 Å². The van der Waals surface area contributed by atoms with Crippen molar-refractivity contribution in [2.24, 2.45) is 5.73 Å². The van der Waals surface area contributed by atoms with E-state index in [1.165, 1.54) is 11.8 Å². The second kappa shape index (κ2) is 8.04. The van der Waals surface area contributed by atoms with Gasteiger partial charge in [-0.15, -0.1) is 0 Å². The van der Waals surface area contributed by atoms with Crippen LogP contribution < -0.4 is 11.1 Å². The summed E-state index contributed by atoms with van der Waals surface area (Å²) in [4.78, 5) is 11.0. The number of thioether (sulfide) groups is 1. The van der Waals surface area contributed by atoms with Gasteiger partial charge in [0.25, 0.3) is 0 Å². The molecule has 0 spiro atoms. The molecule has 0 amide bonds. The van der Waals surface area contributed by atoms with E-state index in [4.69, 9.17) is 5.73 Å². The highest BCUT2D eigenvalue weighted by Crippen LogP contribution is 2.05. The topological polar surface area (TPSA) is 55.1 Å². The predicted molar refractivity (Wildman–Crippen MR) is 49.7 cm³/mol. The molecule has 0 fully saturated rings. The number of rotatable bonds is 6. The number of carbonyl (C=O) groups is 1. The minimum atomic E-state index is 0.255. The third-order valence-electron chi connectivity index (χ3n) is 1.19. The van der Waals surface area contributed by atoms with Crippen LogP contribution in [0.25, 0.3) is 0 Å². The average Bonchev–Trinajstić information content (AvgIpc) is 2.01. The molecule has 3 nitrogen and oxygen atoms in total. The molecular weight excluding hydrogens is 160 g/mol. The Kier molecular flexibility index (Phi) is 8.00. The fourth-order valence-electron chi connectivity index (χ4n) is 0.654. The van der Waals surface area contributed by atoms with Crippen LogP contribution in [-0.4, -0.2) is 31.0 Å². The Morgan fingerprint density at radius 3 is 2.91 bits per heavy atom. The smallest absolute Gasteiger partial charge is 0.189 e. The number of nitrogens with one attached hydrogen (secondary N) is 1. The summed E-state index contributed by atoms with van der Waals surface area (Å²) >= 11 is 1.34. The first-order valence-corrected chi connectivity index (χ1v) is 4.80. The molecule has 0 rings (SSSR count). The average molecular weight is 176 g/mol. The highest BCUT2D eigenvalue weighted by atomic mass is 32.2. The van der Waals surface area contributed by atoms with Crippen molar-refractivity contribution in [2.75, 3.05) is 25.9 Å². The minimum Gasteiger partial charge on any atom is -0.330 e. The predicted octanol–water partition coefficient (Wildman–Crippen LogP) is 0.205. The Balaban J connectivity index is 3.09. The number of carbonyl (C=O) groups excluding carboxylic acids is 1. The van der Waals surface area contributed by atoms with Crippen LogP contribution in [0.3, 0.4) is 0 Å². The normalized spacial score (nSPS) is 10.0. The lowest BCUT2D eigenvalue weighted by Crippen LogP contribution is -2.09. The quantitative estimate of drug-likeness (QED) is 0.568. The maximum atomic E-state index is 11.0. The van der Waals surface area contributed by atoms with Crippen LogP contribution in [0.15, 0.2) is 0 Å². The monoisotopic (exact) mass is 176 g/mol. The van der Waals surface area contributed by atoms with E-state index < -0.39 is 0 Å². The molecule has 0 bridgehead atoms. The minimum absolute atomic E-state index is 0.255. The van der Waals surface area contributed by atoms with Crippen molar-refractivity contribution >= 4 is 16.9 Å². The summed E-state index contributed by atoms with van der Waals surface area (Å²) in [6, 6.07) is 0.